The maximum absolute atomic E-state index is 12.7. The van der Waals surface area contributed by atoms with Gasteiger partial charge in [0.1, 0.15) is 5.75 Å². The van der Waals surface area contributed by atoms with Crippen molar-refractivity contribution in [1.82, 2.24) is 0 Å². The number of hydrogen-bond acceptors (Lipinski definition) is 3. The van der Waals surface area contributed by atoms with E-state index in [1.807, 2.05) is 0 Å². The van der Waals surface area contributed by atoms with Crippen LogP contribution in [0.15, 0.2) is 30.3 Å². The van der Waals surface area contributed by atoms with Crippen molar-refractivity contribution in [2.24, 2.45) is 0 Å². The molecule has 10 heteroatoms. The number of nitrogens with zero attached hydrogens (tertiary/aromatic N) is 1. The molecule has 2 aromatic carbocycles. The van der Waals surface area contributed by atoms with Crippen LogP contribution in [-0.2, 0) is 12.1 Å². The van der Waals surface area contributed by atoms with Gasteiger partial charge in [-0.25, -0.2) is 0 Å². The first-order valence-electron chi connectivity index (χ1n) is 6.21. The number of benzene rings is 2. The van der Waals surface area contributed by atoms with Crippen molar-refractivity contribution in [2.75, 3.05) is 0 Å². The van der Waals surface area contributed by atoms with Crippen LogP contribution in [0.5, 0.6) is 11.5 Å². The maximum atomic E-state index is 12.7. The van der Waals surface area contributed by atoms with Crippen molar-refractivity contribution in [3.8, 4) is 11.5 Å². The van der Waals surface area contributed by atoms with E-state index in [1.54, 1.807) is 0 Å². The van der Waals surface area contributed by atoms with Gasteiger partial charge in [-0.1, -0.05) is 23.2 Å². The highest BCUT2D eigenvalue weighted by Gasteiger charge is 2.32. The molecule has 0 fully saturated rings. The molecule has 0 atom stereocenters. The predicted molar refractivity (Wildman–Crippen MR) is 84.2 cm³/mol. The molecule has 0 bridgehead atoms. The Morgan fingerprint density at radius 2 is 1.71 bits per heavy atom. The van der Waals surface area contributed by atoms with Gasteiger partial charge in [0.25, 0.3) is 5.69 Å². The molecule has 0 aliphatic carbocycles. The first kappa shape index (κ1) is 18.6. The first-order chi connectivity index (χ1) is 11.1. The lowest BCUT2D eigenvalue weighted by atomic mass is 10.2. The lowest BCUT2D eigenvalue weighted by molar-refractivity contribution is -0.385. The summed E-state index contributed by atoms with van der Waals surface area (Å²) in [6, 6.07) is 5.07. The van der Waals surface area contributed by atoms with Gasteiger partial charge >= 0.3 is 6.18 Å². The molecule has 0 N–H and O–H groups in total. The summed E-state index contributed by atoms with van der Waals surface area (Å²) in [6.45, 7) is 0. The molecule has 4 nitrogen and oxygen atoms in total. The second-order valence-corrected chi connectivity index (χ2v) is 5.63. The maximum Gasteiger partial charge on any atom is 0.416 e. The number of nitro benzene ring substituents is 1. The quantitative estimate of drug-likeness (QED) is 0.336. The predicted octanol–water partition coefficient (Wildman–Crippen LogP) is 6.45. The van der Waals surface area contributed by atoms with E-state index in [-0.39, 0.29) is 38.7 Å². The Labute approximate surface area is 148 Å². The van der Waals surface area contributed by atoms with E-state index in [9.17, 15) is 23.3 Å². The topological polar surface area (TPSA) is 52.4 Å². The molecule has 0 aromatic heterocycles. The van der Waals surface area contributed by atoms with Crippen molar-refractivity contribution >= 4 is 40.5 Å². The van der Waals surface area contributed by atoms with Crippen LogP contribution in [0.25, 0.3) is 0 Å². The van der Waals surface area contributed by atoms with Crippen LogP contribution in [0.3, 0.4) is 0 Å². The average Bonchev–Trinajstić information content (AvgIpc) is 2.49. The lowest BCUT2D eigenvalue weighted by Crippen LogP contribution is -2.05. The van der Waals surface area contributed by atoms with Crippen molar-refractivity contribution in [3.05, 3.63) is 61.6 Å². The second kappa shape index (κ2) is 7.04. The largest absolute Gasteiger partial charge is 0.454 e. The van der Waals surface area contributed by atoms with Gasteiger partial charge in [-0.2, -0.15) is 13.2 Å². The fraction of sp³-hybridized carbons (Fsp3) is 0.143. The fourth-order valence-electron chi connectivity index (χ4n) is 1.85. The Morgan fingerprint density at radius 3 is 2.17 bits per heavy atom. The summed E-state index contributed by atoms with van der Waals surface area (Å²) >= 11 is 17.3. The van der Waals surface area contributed by atoms with Crippen molar-refractivity contribution in [3.63, 3.8) is 0 Å². The highest BCUT2D eigenvalue weighted by atomic mass is 35.5. The molecule has 128 valence electrons. The van der Waals surface area contributed by atoms with Gasteiger partial charge in [-0.05, 0) is 24.3 Å². The van der Waals surface area contributed by atoms with Crippen LogP contribution >= 0.6 is 34.8 Å². The summed E-state index contributed by atoms with van der Waals surface area (Å²) in [7, 11) is 0. The van der Waals surface area contributed by atoms with E-state index < -0.39 is 16.7 Å². The van der Waals surface area contributed by atoms with Crippen LogP contribution in [-0.4, -0.2) is 4.92 Å². The summed E-state index contributed by atoms with van der Waals surface area (Å²) in [4.78, 5) is 10.2. The van der Waals surface area contributed by atoms with Gasteiger partial charge in [-0.15, -0.1) is 11.6 Å². The second-order valence-electron chi connectivity index (χ2n) is 4.55. The highest BCUT2D eigenvalue weighted by molar-refractivity contribution is 6.37. The molecule has 0 aliphatic heterocycles. The molecule has 2 aromatic rings. The third-order valence-electron chi connectivity index (χ3n) is 2.94. The van der Waals surface area contributed by atoms with E-state index in [4.69, 9.17) is 39.5 Å². The molecule has 24 heavy (non-hydrogen) atoms. The van der Waals surface area contributed by atoms with E-state index in [1.165, 1.54) is 18.2 Å². The van der Waals surface area contributed by atoms with Crippen molar-refractivity contribution < 1.29 is 22.8 Å². The summed E-state index contributed by atoms with van der Waals surface area (Å²) in [5.74, 6) is -0.248. The van der Waals surface area contributed by atoms with E-state index in [0.29, 0.717) is 12.1 Å². The standard InChI is InChI=1S/C14H7Cl3F3NO3/c15-6-7-3-9(1-2-12(7)21(22)23)24-13-10(16)4-8(5-11(13)17)14(18,19)20/h1-5H,6H2. The summed E-state index contributed by atoms with van der Waals surface area (Å²) in [5, 5.41) is 10.2. The van der Waals surface area contributed by atoms with Gasteiger partial charge in [-0.3, -0.25) is 10.1 Å². The minimum absolute atomic E-state index is 0.0970. The van der Waals surface area contributed by atoms with Crippen LogP contribution in [0.4, 0.5) is 18.9 Å². The number of rotatable bonds is 4. The van der Waals surface area contributed by atoms with E-state index >= 15 is 0 Å². The molecular weight excluding hydrogens is 394 g/mol. The van der Waals surface area contributed by atoms with E-state index in [2.05, 4.69) is 0 Å². The lowest BCUT2D eigenvalue weighted by Gasteiger charge is -2.13. The summed E-state index contributed by atoms with van der Waals surface area (Å²) in [6.07, 6.45) is -4.61. The fourth-order valence-corrected chi connectivity index (χ4v) is 2.63. The molecule has 0 amide bonds. The zero-order chi connectivity index (χ0) is 18.1. The normalized spacial score (nSPS) is 11.4. The Balaban J connectivity index is 2.40. The monoisotopic (exact) mass is 399 g/mol. The Morgan fingerprint density at radius 1 is 1.12 bits per heavy atom. The average molecular weight is 401 g/mol. The molecule has 0 aliphatic rings. The van der Waals surface area contributed by atoms with Gasteiger partial charge in [0.2, 0.25) is 0 Å². The highest BCUT2D eigenvalue weighted by Crippen LogP contribution is 2.42. The minimum Gasteiger partial charge on any atom is -0.454 e. The number of hydrogen-bond donors (Lipinski definition) is 0. The van der Waals surface area contributed by atoms with E-state index in [0.717, 1.165) is 0 Å². The third-order valence-corrected chi connectivity index (χ3v) is 3.79. The number of alkyl halides is 4. The molecule has 0 heterocycles. The Hall–Kier alpha value is -1.70. The van der Waals surface area contributed by atoms with Crippen LogP contribution in [0.1, 0.15) is 11.1 Å². The van der Waals surface area contributed by atoms with Crippen molar-refractivity contribution in [2.45, 2.75) is 12.1 Å². The first-order valence-corrected chi connectivity index (χ1v) is 7.50. The smallest absolute Gasteiger partial charge is 0.416 e. The van der Waals surface area contributed by atoms with Crippen molar-refractivity contribution in [1.29, 1.82) is 0 Å². The third kappa shape index (κ3) is 4.03. The molecular formula is C14H7Cl3F3NO3. The van der Waals surface area contributed by atoms with Gasteiger partial charge in [0, 0.05) is 11.6 Å². The molecule has 0 saturated carbocycles. The van der Waals surface area contributed by atoms with Crippen LogP contribution in [0.2, 0.25) is 10.0 Å². The Kier molecular flexibility index (Phi) is 5.47. The number of nitro groups is 1. The van der Waals surface area contributed by atoms with Gasteiger partial charge in [0.05, 0.1) is 26.4 Å². The molecule has 0 unspecified atom stereocenters. The van der Waals surface area contributed by atoms with Gasteiger partial charge < -0.3 is 4.74 Å². The Bertz CT molecular complexity index is 774. The molecule has 0 saturated heterocycles. The minimum atomic E-state index is -4.61. The molecule has 2 rings (SSSR count). The zero-order valence-corrected chi connectivity index (χ0v) is 13.8. The summed E-state index contributed by atoms with van der Waals surface area (Å²) < 4.78 is 43.4. The van der Waals surface area contributed by atoms with Gasteiger partial charge in [0.15, 0.2) is 5.75 Å². The number of halogens is 6. The zero-order valence-electron chi connectivity index (χ0n) is 11.5. The SMILES string of the molecule is O=[N+]([O-])c1ccc(Oc2c(Cl)cc(C(F)(F)F)cc2Cl)cc1CCl. The summed E-state index contributed by atoms with van der Waals surface area (Å²) in [5.41, 5.74) is -1.05. The van der Waals surface area contributed by atoms with Crippen LogP contribution < -0.4 is 4.74 Å². The number of ether oxygens (including phenoxy) is 1. The molecule has 0 radical (unpaired) electrons. The molecule has 0 spiro atoms. The van der Waals surface area contributed by atoms with Crippen LogP contribution in [0, 0.1) is 10.1 Å².